The highest BCUT2D eigenvalue weighted by Gasteiger charge is 2.15. The summed E-state index contributed by atoms with van der Waals surface area (Å²) in [4.78, 5) is 11.2. The van der Waals surface area contributed by atoms with Crippen molar-refractivity contribution in [2.75, 3.05) is 12.9 Å². The highest BCUT2D eigenvalue weighted by molar-refractivity contribution is 7.99. The van der Waals surface area contributed by atoms with Gasteiger partial charge in [-0.05, 0) is 43.2 Å². The van der Waals surface area contributed by atoms with Crippen LogP contribution in [0, 0.1) is 0 Å². The van der Waals surface area contributed by atoms with E-state index in [9.17, 15) is 4.79 Å². The number of Topliss-reactive ketones (excluding diaryl/α,β-unsaturated/α-hetero) is 1. The smallest absolute Gasteiger partial charge is 0.191 e. The van der Waals surface area contributed by atoms with Crippen LogP contribution < -0.4 is 4.74 Å². The van der Waals surface area contributed by atoms with Crippen molar-refractivity contribution < 1.29 is 9.53 Å². The zero-order valence-electron chi connectivity index (χ0n) is 15.6. The maximum Gasteiger partial charge on any atom is 0.191 e. The quantitative estimate of drug-likeness (QED) is 0.518. The second kappa shape index (κ2) is 9.37. The third kappa shape index (κ3) is 5.20. The van der Waals surface area contributed by atoms with Crippen molar-refractivity contribution in [2.45, 2.75) is 31.5 Å². The predicted octanol–water partition coefficient (Wildman–Crippen LogP) is 4.27. The van der Waals surface area contributed by atoms with Crippen molar-refractivity contribution in [1.29, 1.82) is 0 Å². The first-order valence-electron chi connectivity index (χ1n) is 8.91. The highest BCUT2D eigenvalue weighted by Crippen LogP contribution is 2.26. The van der Waals surface area contributed by atoms with Gasteiger partial charge >= 0.3 is 0 Å². The lowest BCUT2D eigenvalue weighted by atomic mass is 10.1. The van der Waals surface area contributed by atoms with Gasteiger partial charge in [0.25, 0.3) is 0 Å². The van der Waals surface area contributed by atoms with Gasteiger partial charge in [-0.15, -0.1) is 10.2 Å². The molecule has 3 aromatic rings. The molecule has 1 aromatic heterocycles. The van der Waals surface area contributed by atoms with Gasteiger partial charge in [0.1, 0.15) is 11.5 Å². The van der Waals surface area contributed by atoms with Crippen LogP contribution in [-0.4, -0.2) is 33.4 Å². The molecule has 0 aliphatic carbocycles. The van der Waals surface area contributed by atoms with Crippen LogP contribution in [-0.2, 0) is 17.8 Å². The molecule has 0 radical (unpaired) electrons. The molecule has 0 spiro atoms. The topological polar surface area (TPSA) is 57.0 Å². The zero-order chi connectivity index (χ0) is 19.1. The Kier molecular flexibility index (Phi) is 6.65. The summed E-state index contributed by atoms with van der Waals surface area (Å²) in [5.41, 5.74) is 2.27. The van der Waals surface area contributed by atoms with Crippen LogP contribution in [0.2, 0.25) is 0 Å². The monoisotopic (exact) mass is 381 g/mol. The first-order chi connectivity index (χ1) is 13.2. The van der Waals surface area contributed by atoms with Gasteiger partial charge in [-0.1, -0.05) is 42.1 Å². The Bertz CT molecular complexity index is 876. The molecule has 27 heavy (non-hydrogen) atoms. The lowest BCUT2D eigenvalue weighted by Crippen LogP contribution is -2.06. The molecule has 140 valence electrons. The summed E-state index contributed by atoms with van der Waals surface area (Å²) >= 11 is 1.58. The molecule has 0 N–H and O–H groups in total. The molecule has 0 amide bonds. The molecule has 0 saturated carbocycles. The van der Waals surface area contributed by atoms with Crippen LogP contribution in [0.3, 0.4) is 0 Å². The number of hydrogen-bond acceptors (Lipinski definition) is 5. The summed E-state index contributed by atoms with van der Waals surface area (Å²) in [5, 5.41) is 9.64. The molecule has 5 nitrogen and oxygen atoms in total. The minimum absolute atomic E-state index is 0.188. The van der Waals surface area contributed by atoms with Crippen LogP contribution in [0.5, 0.6) is 5.75 Å². The van der Waals surface area contributed by atoms with Crippen LogP contribution in [0.1, 0.15) is 18.9 Å². The molecule has 6 heteroatoms. The van der Waals surface area contributed by atoms with Gasteiger partial charge in [-0.25, -0.2) is 0 Å². The summed E-state index contributed by atoms with van der Waals surface area (Å²) in [7, 11) is 1.65. The standard InChI is InChI=1S/C21H23N3O2S/c1-16(25)13-15-27-21-23-22-20(18-8-10-19(26-2)11-9-18)24(21)14-12-17-6-4-3-5-7-17/h3-11H,12-15H2,1-2H3. The number of hydrogen-bond donors (Lipinski definition) is 0. The SMILES string of the molecule is COc1ccc(-c2nnc(SCCC(C)=O)n2CCc2ccccc2)cc1. The van der Waals surface area contributed by atoms with E-state index in [1.54, 1.807) is 25.8 Å². The fourth-order valence-electron chi connectivity index (χ4n) is 2.72. The largest absolute Gasteiger partial charge is 0.497 e. The van der Waals surface area contributed by atoms with Gasteiger partial charge in [0.15, 0.2) is 11.0 Å². The number of methoxy groups -OCH3 is 1. The maximum atomic E-state index is 11.2. The van der Waals surface area contributed by atoms with E-state index in [0.29, 0.717) is 12.2 Å². The van der Waals surface area contributed by atoms with Crippen molar-refractivity contribution in [3.63, 3.8) is 0 Å². The summed E-state index contributed by atoms with van der Waals surface area (Å²) in [6.45, 7) is 2.39. The Labute approximate surface area is 163 Å². The second-order valence-electron chi connectivity index (χ2n) is 6.22. The van der Waals surface area contributed by atoms with Gasteiger partial charge in [-0.2, -0.15) is 0 Å². The molecule has 1 heterocycles. The number of rotatable bonds is 9. The van der Waals surface area contributed by atoms with E-state index in [-0.39, 0.29) is 5.78 Å². The van der Waals surface area contributed by atoms with E-state index >= 15 is 0 Å². The van der Waals surface area contributed by atoms with Crippen molar-refractivity contribution >= 4 is 17.5 Å². The van der Waals surface area contributed by atoms with Gasteiger partial charge < -0.3 is 9.30 Å². The summed E-state index contributed by atoms with van der Waals surface area (Å²) < 4.78 is 7.38. The Balaban J connectivity index is 1.84. The Morgan fingerprint density at radius 2 is 1.81 bits per heavy atom. The first kappa shape index (κ1) is 19.2. The molecule has 0 fully saturated rings. The number of ether oxygens (including phenoxy) is 1. The van der Waals surface area contributed by atoms with E-state index in [1.165, 1.54) is 5.56 Å². The Morgan fingerprint density at radius 1 is 1.07 bits per heavy atom. The average Bonchev–Trinajstić information content (AvgIpc) is 3.09. The Hall–Kier alpha value is -2.60. The van der Waals surface area contributed by atoms with Crippen molar-refractivity contribution in [3.8, 4) is 17.1 Å². The lowest BCUT2D eigenvalue weighted by molar-refractivity contribution is -0.116. The summed E-state index contributed by atoms with van der Waals surface area (Å²) in [5.74, 6) is 2.54. The average molecular weight is 382 g/mol. The predicted molar refractivity (Wildman–Crippen MR) is 108 cm³/mol. The second-order valence-corrected chi connectivity index (χ2v) is 7.28. The van der Waals surface area contributed by atoms with E-state index in [2.05, 4.69) is 26.9 Å². The fraction of sp³-hybridized carbons (Fsp3) is 0.286. The molecule has 0 aliphatic heterocycles. The van der Waals surface area contributed by atoms with Crippen LogP contribution in [0.4, 0.5) is 0 Å². The summed E-state index contributed by atoms with van der Waals surface area (Å²) in [6, 6.07) is 18.2. The number of benzene rings is 2. The normalized spacial score (nSPS) is 10.7. The van der Waals surface area contributed by atoms with Crippen LogP contribution >= 0.6 is 11.8 Å². The number of carbonyl (C=O) groups excluding carboxylic acids is 1. The third-order valence-electron chi connectivity index (χ3n) is 4.22. The highest BCUT2D eigenvalue weighted by atomic mass is 32.2. The van der Waals surface area contributed by atoms with Crippen molar-refractivity contribution in [2.24, 2.45) is 0 Å². The molecular weight excluding hydrogens is 358 g/mol. The first-order valence-corrected chi connectivity index (χ1v) is 9.89. The summed E-state index contributed by atoms with van der Waals surface area (Å²) in [6.07, 6.45) is 1.43. The van der Waals surface area contributed by atoms with Crippen LogP contribution in [0.25, 0.3) is 11.4 Å². The third-order valence-corrected chi connectivity index (χ3v) is 5.19. The minimum atomic E-state index is 0.188. The van der Waals surface area contributed by atoms with E-state index < -0.39 is 0 Å². The maximum absolute atomic E-state index is 11.2. The molecule has 0 saturated heterocycles. The van der Waals surface area contributed by atoms with Gasteiger partial charge in [0, 0.05) is 24.3 Å². The minimum Gasteiger partial charge on any atom is -0.497 e. The molecule has 0 unspecified atom stereocenters. The lowest BCUT2D eigenvalue weighted by Gasteiger charge is -2.11. The molecule has 0 aliphatic rings. The number of nitrogens with zero attached hydrogens (tertiary/aromatic N) is 3. The van der Waals surface area contributed by atoms with E-state index in [0.717, 1.165) is 35.3 Å². The van der Waals surface area contributed by atoms with Crippen LogP contribution in [0.15, 0.2) is 59.8 Å². The van der Waals surface area contributed by atoms with Gasteiger partial charge in [-0.3, -0.25) is 4.79 Å². The number of aromatic nitrogens is 3. The van der Waals surface area contributed by atoms with Gasteiger partial charge in [0.2, 0.25) is 0 Å². The molecule has 0 bridgehead atoms. The Morgan fingerprint density at radius 3 is 2.48 bits per heavy atom. The number of aryl methyl sites for hydroxylation is 1. The van der Waals surface area contributed by atoms with Gasteiger partial charge in [0.05, 0.1) is 7.11 Å². The number of thioether (sulfide) groups is 1. The van der Waals surface area contributed by atoms with E-state index in [1.807, 2.05) is 42.5 Å². The fourth-order valence-corrected chi connectivity index (χ4v) is 3.73. The van der Waals surface area contributed by atoms with Crippen molar-refractivity contribution in [1.82, 2.24) is 14.8 Å². The van der Waals surface area contributed by atoms with Crippen molar-refractivity contribution in [3.05, 3.63) is 60.2 Å². The molecule has 3 rings (SSSR count). The molecule has 0 atom stereocenters. The molecular formula is C21H23N3O2S. The zero-order valence-corrected chi connectivity index (χ0v) is 16.4. The molecule has 2 aromatic carbocycles. The van der Waals surface area contributed by atoms with E-state index in [4.69, 9.17) is 4.74 Å². The number of carbonyl (C=O) groups is 1. The number of ketones is 1.